The summed E-state index contributed by atoms with van der Waals surface area (Å²) in [4.78, 5) is 43.9. The van der Waals surface area contributed by atoms with Crippen LogP contribution in [0.5, 0.6) is 0 Å². The molecule has 0 atom stereocenters. The number of nitrogens with two attached hydrogens (primary N) is 1. The maximum absolute atomic E-state index is 12.7. The molecule has 0 aliphatic carbocycles. The van der Waals surface area contributed by atoms with Crippen molar-refractivity contribution in [1.29, 1.82) is 0 Å². The quantitative estimate of drug-likeness (QED) is 0.343. The normalized spacial score (nSPS) is 11.2. The van der Waals surface area contributed by atoms with Crippen LogP contribution >= 0.6 is 0 Å². The van der Waals surface area contributed by atoms with Gasteiger partial charge >= 0.3 is 5.69 Å². The molecule has 0 radical (unpaired) electrons. The zero-order valence-electron chi connectivity index (χ0n) is 18.8. The fourth-order valence-electron chi connectivity index (χ4n) is 3.46. The van der Waals surface area contributed by atoms with Crippen LogP contribution in [0.15, 0.2) is 38.4 Å². The fourth-order valence-corrected chi connectivity index (χ4v) is 3.46. The van der Waals surface area contributed by atoms with Crippen LogP contribution in [0, 0.1) is 16.0 Å². The van der Waals surface area contributed by atoms with Crippen LogP contribution in [0.25, 0.3) is 11.4 Å². The molecule has 2 aromatic heterocycles. The number of nitro benzene ring substituents is 1. The number of aromatic nitrogens is 4. The van der Waals surface area contributed by atoms with Gasteiger partial charge in [-0.05, 0) is 12.3 Å². The first-order valence-corrected chi connectivity index (χ1v) is 10.7. The summed E-state index contributed by atoms with van der Waals surface area (Å²) < 4.78 is 6.71. The van der Waals surface area contributed by atoms with Gasteiger partial charge in [0.15, 0.2) is 0 Å². The number of hydrogen-bond donors (Lipinski definition) is 2. The Morgan fingerprint density at radius 1 is 1.33 bits per heavy atom. The average Bonchev–Trinajstić information content (AvgIpc) is 3.21. The maximum Gasteiger partial charge on any atom is 0.330 e. The summed E-state index contributed by atoms with van der Waals surface area (Å²) in [5, 5.41) is 15.0. The predicted molar refractivity (Wildman–Crippen MR) is 123 cm³/mol. The van der Waals surface area contributed by atoms with E-state index >= 15 is 0 Å². The first-order valence-electron chi connectivity index (χ1n) is 10.7. The zero-order chi connectivity index (χ0) is 24.1. The number of nitrogens with one attached hydrogen (secondary N) is 1. The van der Waals surface area contributed by atoms with Crippen LogP contribution < -0.4 is 21.9 Å². The predicted octanol–water partition coefficient (Wildman–Crippen LogP) is 2.54. The van der Waals surface area contributed by atoms with E-state index in [1.54, 1.807) is 11.0 Å². The number of non-ortho nitro benzene ring substituents is 1. The van der Waals surface area contributed by atoms with Crippen molar-refractivity contribution in [3.8, 4) is 11.4 Å². The van der Waals surface area contributed by atoms with Crippen LogP contribution in [0.3, 0.4) is 0 Å². The lowest BCUT2D eigenvalue weighted by Crippen LogP contribution is -2.39. The second-order valence-electron chi connectivity index (χ2n) is 8.09. The Labute approximate surface area is 189 Å². The minimum Gasteiger partial charge on any atom is -0.383 e. The zero-order valence-corrected chi connectivity index (χ0v) is 18.8. The van der Waals surface area contributed by atoms with Gasteiger partial charge in [-0.25, -0.2) is 4.79 Å². The van der Waals surface area contributed by atoms with Gasteiger partial charge in [0.25, 0.3) is 11.2 Å². The largest absolute Gasteiger partial charge is 0.383 e. The molecule has 1 aromatic carbocycles. The van der Waals surface area contributed by atoms with Crippen molar-refractivity contribution in [2.24, 2.45) is 5.92 Å². The van der Waals surface area contributed by atoms with Gasteiger partial charge in [0, 0.05) is 30.8 Å². The molecule has 0 spiro atoms. The van der Waals surface area contributed by atoms with Gasteiger partial charge in [-0.15, -0.1) is 0 Å². The fraction of sp³-hybridized carbons (Fsp3) is 0.429. The smallest absolute Gasteiger partial charge is 0.330 e. The highest BCUT2D eigenvalue weighted by Gasteiger charge is 2.22. The standard InChI is InChI=1S/C21H27N7O5/c1-4-5-9-27-18(22)17(20(29)24-21(27)30)26(11-13(2)3)12-16-23-19(25-33-16)14-7-6-8-15(10-14)28(31)32/h6-8,10,13H,4-5,9,11-12,22H2,1-3H3,(H,24,29,30). The molecule has 33 heavy (non-hydrogen) atoms. The lowest BCUT2D eigenvalue weighted by Gasteiger charge is -2.26. The van der Waals surface area contributed by atoms with Crippen molar-refractivity contribution in [1.82, 2.24) is 19.7 Å². The van der Waals surface area contributed by atoms with Crippen molar-refractivity contribution < 1.29 is 9.45 Å². The summed E-state index contributed by atoms with van der Waals surface area (Å²) in [5.74, 6) is 0.616. The van der Waals surface area contributed by atoms with Crippen molar-refractivity contribution in [2.45, 2.75) is 46.7 Å². The molecule has 0 unspecified atom stereocenters. The van der Waals surface area contributed by atoms with E-state index < -0.39 is 16.2 Å². The van der Waals surface area contributed by atoms with Crippen molar-refractivity contribution in [3.63, 3.8) is 0 Å². The number of nitrogen functional groups attached to an aromatic ring is 1. The molecule has 176 valence electrons. The lowest BCUT2D eigenvalue weighted by molar-refractivity contribution is -0.384. The molecule has 2 heterocycles. The molecule has 3 rings (SSSR count). The summed E-state index contributed by atoms with van der Waals surface area (Å²) in [7, 11) is 0. The van der Waals surface area contributed by atoms with E-state index in [1.165, 1.54) is 22.8 Å². The Morgan fingerprint density at radius 3 is 2.76 bits per heavy atom. The van der Waals surface area contributed by atoms with Crippen molar-refractivity contribution in [3.05, 3.63) is 61.1 Å². The Hall–Kier alpha value is -3.96. The summed E-state index contributed by atoms with van der Waals surface area (Å²) >= 11 is 0. The van der Waals surface area contributed by atoms with E-state index in [2.05, 4.69) is 15.1 Å². The van der Waals surface area contributed by atoms with Gasteiger partial charge in [-0.2, -0.15) is 4.98 Å². The number of benzene rings is 1. The molecule has 0 fully saturated rings. The van der Waals surface area contributed by atoms with Gasteiger partial charge in [0.1, 0.15) is 11.5 Å². The molecule has 3 N–H and O–H groups in total. The van der Waals surface area contributed by atoms with Gasteiger partial charge < -0.3 is 15.2 Å². The number of unbranched alkanes of at least 4 members (excludes halogenated alkanes) is 1. The first-order chi connectivity index (χ1) is 15.7. The van der Waals surface area contributed by atoms with Crippen LogP contribution in [-0.4, -0.2) is 31.2 Å². The molecule has 0 amide bonds. The molecular weight excluding hydrogens is 430 g/mol. The SMILES string of the molecule is CCCCn1c(N)c(N(Cc2nc(-c3cccc([N+](=O)[O-])c3)no2)CC(C)C)c(=O)[nH]c1=O. The third-order valence-corrected chi connectivity index (χ3v) is 4.96. The van der Waals surface area contributed by atoms with E-state index in [1.807, 2.05) is 20.8 Å². The molecule has 0 aliphatic rings. The van der Waals surface area contributed by atoms with Gasteiger partial charge in [0.05, 0.1) is 11.5 Å². The van der Waals surface area contributed by atoms with E-state index in [0.717, 1.165) is 12.8 Å². The van der Waals surface area contributed by atoms with Gasteiger partial charge in [-0.3, -0.25) is 24.5 Å². The Bertz CT molecular complexity index is 1240. The van der Waals surface area contributed by atoms with Crippen LogP contribution in [0.2, 0.25) is 0 Å². The third-order valence-electron chi connectivity index (χ3n) is 4.96. The maximum atomic E-state index is 12.7. The van der Waals surface area contributed by atoms with Crippen LogP contribution in [0.4, 0.5) is 17.2 Å². The number of nitrogens with zero attached hydrogens (tertiary/aromatic N) is 5. The number of H-pyrrole nitrogens is 1. The Morgan fingerprint density at radius 2 is 2.09 bits per heavy atom. The summed E-state index contributed by atoms with van der Waals surface area (Å²) in [6, 6.07) is 5.90. The van der Waals surface area contributed by atoms with Gasteiger partial charge in [-0.1, -0.05) is 44.5 Å². The molecular formula is C21H27N7O5. The molecule has 0 aliphatic heterocycles. The summed E-state index contributed by atoms with van der Waals surface area (Å²) in [6.07, 6.45) is 1.59. The number of hydrogen-bond acceptors (Lipinski definition) is 9. The number of anilines is 2. The minimum absolute atomic E-state index is 0.0688. The molecule has 12 nitrogen and oxygen atoms in total. The summed E-state index contributed by atoms with van der Waals surface area (Å²) in [6.45, 7) is 6.85. The minimum atomic E-state index is -0.593. The molecule has 12 heteroatoms. The molecule has 0 saturated heterocycles. The van der Waals surface area contributed by atoms with Crippen molar-refractivity contribution >= 4 is 17.2 Å². The third kappa shape index (κ3) is 5.45. The first kappa shape index (κ1) is 23.7. The highest BCUT2D eigenvalue weighted by molar-refractivity contribution is 5.63. The highest BCUT2D eigenvalue weighted by atomic mass is 16.6. The number of nitro groups is 1. The lowest BCUT2D eigenvalue weighted by atomic mass is 10.2. The van der Waals surface area contributed by atoms with Crippen molar-refractivity contribution in [2.75, 3.05) is 17.2 Å². The molecule has 0 bridgehead atoms. The Balaban J connectivity index is 1.97. The van der Waals surface area contributed by atoms with E-state index in [-0.39, 0.29) is 41.4 Å². The van der Waals surface area contributed by atoms with E-state index in [9.17, 15) is 19.7 Å². The van der Waals surface area contributed by atoms with E-state index in [0.29, 0.717) is 18.7 Å². The Kier molecular flexibility index (Phi) is 7.26. The molecule has 0 saturated carbocycles. The summed E-state index contributed by atoms with van der Waals surface area (Å²) in [5.41, 5.74) is 5.63. The van der Waals surface area contributed by atoms with Crippen LogP contribution in [-0.2, 0) is 13.1 Å². The number of rotatable bonds is 10. The average molecular weight is 457 g/mol. The second-order valence-corrected chi connectivity index (χ2v) is 8.09. The second kappa shape index (κ2) is 10.1. The van der Waals surface area contributed by atoms with Crippen LogP contribution in [0.1, 0.15) is 39.5 Å². The topological polar surface area (TPSA) is 166 Å². The monoisotopic (exact) mass is 457 g/mol. The van der Waals surface area contributed by atoms with Gasteiger partial charge in [0.2, 0.25) is 11.7 Å². The number of aromatic amines is 1. The highest BCUT2D eigenvalue weighted by Crippen LogP contribution is 2.24. The molecule has 3 aromatic rings. The van der Waals surface area contributed by atoms with E-state index in [4.69, 9.17) is 10.3 Å².